The van der Waals surface area contributed by atoms with Crippen molar-refractivity contribution in [1.82, 2.24) is 5.32 Å². The van der Waals surface area contributed by atoms with Crippen molar-refractivity contribution in [3.8, 4) is 5.75 Å². The summed E-state index contributed by atoms with van der Waals surface area (Å²) < 4.78 is 98.8. The number of hydrogen-bond acceptors (Lipinski definition) is 6. The molecule has 0 aliphatic carbocycles. The summed E-state index contributed by atoms with van der Waals surface area (Å²) in [4.78, 5) is 38.9. The Balaban J connectivity index is 1.76. The van der Waals surface area contributed by atoms with Crippen LogP contribution in [0.25, 0.3) is 10.1 Å². The molecule has 1 aromatic heterocycles. The van der Waals surface area contributed by atoms with Crippen LogP contribution in [0.3, 0.4) is 0 Å². The normalized spacial score (nSPS) is 11.8. The summed E-state index contributed by atoms with van der Waals surface area (Å²) in [7, 11) is 1.24. The number of thiophene rings is 1. The molecular weight excluding hydrogens is 635 g/mol. The molecule has 0 aliphatic heterocycles. The summed E-state index contributed by atoms with van der Waals surface area (Å²) in [5.74, 6) is -4.22. The summed E-state index contributed by atoms with van der Waals surface area (Å²) in [5, 5.41) is 16.1. The molecule has 8 nitrogen and oxygen atoms in total. The Kier molecular flexibility index (Phi) is 9.68. The topological polar surface area (TPSA) is 117 Å². The number of amides is 3. The van der Waals surface area contributed by atoms with Crippen molar-refractivity contribution in [1.29, 1.82) is 0 Å². The van der Waals surface area contributed by atoms with E-state index in [1.54, 1.807) is 0 Å². The minimum Gasteiger partial charge on any atom is -0.496 e. The Bertz CT molecular complexity index is 1770. The molecule has 0 radical (unpaired) electrons. The number of carbonyl (C=O) groups is 3. The minimum atomic E-state index is -5.08. The minimum absolute atomic E-state index is 0.00143. The summed E-state index contributed by atoms with van der Waals surface area (Å²) in [6.07, 6.45) is -9.56. The van der Waals surface area contributed by atoms with E-state index >= 15 is 0 Å². The average molecular weight is 658 g/mol. The molecule has 4 rings (SSSR count). The molecule has 0 fully saturated rings. The van der Waals surface area contributed by atoms with Gasteiger partial charge in [-0.15, -0.1) is 11.3 Å². The number of alkyl halides is 6. The number of methoxy groups -OCH3 is 1. The number of anilines is 2. The zero-order valence-corrected chi connectivity index (χ0v) is 23.8. The fraction of sp³-hybridized carbons (Fsp3) is 0.207. The number of fused-ring (bicyclic) bond motifs is 1. The Morgan fingerprint density at radius 3 is 2.24 bits per heavy atom. The first-order valence-corrected chi connectivity index (χ1v) is 13.7. The monoisotopic (exact) mass is 657 g/mol. The predicted octanol–water partition coefficient (Wildman–Crippen LogP) is 6.70. The smallest absolute Gasteiger partial charge is 0.419 e. The number of ether oxygens (including phenoxy) is 1. The molecule has 4 N–H and O–H groups in total. The van der Waals surface area contributed by atoms with Gasteiger partial charge in [-0.05, 0) is 55.0 Å². The number of benzene rings is 3. The summed E-state index contributed by atoms with van der Waals surface area (Å²) in [6, 6.07) is 8.03. The number of rotatable bonds is 9. The maximum atomic E-state index is 13.8. The van der Waals surface area contributed by atoms with Crippen LogP contribution in [-0.4, -0.2) is 43.1 Å². The van der Waals surface area contributed by atoms with Crippen molar-refractivity contribution in [3.05, 3.63) is 87.5 Å². The van der Waals surface area contributed by atoms with Gasteiger partial charge in [0.05, 0.1) is 29.5 Å². The van der Waals surface area contributed by atoms with Crippen LogP contribution in [0.1, 0.15) is 47.9 Å². The van der Waals surface area contributed by atoms with Crippen molar-refractivity contribution in [2.75, 3.05) is 30.9 Å². The van der Waals surface area contributed by atoms with E-state index < -0.39 is 52.7 Å². The average Bonchev–Trinajstić information content (AvgIpc) is 3.34. The lowest BCUT2D eigenvalue weighted by Gasteiger charge is -2.13. The molecule has 3 amide bonds. The maximum absolute atomic E-state index is 13.8. The lowest BCUT2D eigenvalue weighted by Crippen LogP contribution is -2.25. The highest BCUT2D eigenvalue weighted by atomic mass is 32.1. The van der Waals surface area contributed by atoms with Gasteiger partial charge in [-0.25, -0.2) is 4.39 Å². The van der Waals surface area contributed by atoms with Crippen molar-refractivity contribution < 1.29 is 55.0 Å². The Hall–Kier alpha value is -4.70. The fourth-order valence-electron chi connectivity index (χ4n) is 4.16. The molecule has 3 aromatic carbocycles. The number of nitrogens with one attached hydrogen (secondary N) is 3. The van der Waals surface area contributed by atoms with E-state index in [2.05, 4.69) is 16.0 Å². The van der Waals surface area contributed by atoms with Gasteiger partial charge in [0.2, 0.25) is 0 Å². The third kappa shape index (κ3) is 7.51. The predicted molar refractivity (Wildman–Crippen MR) is 151 cm³/mol. The molecule has 16 heteroatoms. The fourth-order valence-corrected chi connectivity index (χ4v) is 5.25. The lowest BCUT2D eigenvalue weighted by atomic mass is 10.1. The van der Waals surface area contributed by atoms with Gasteiger partial charge < -0.3 is 25.8 Å². The Morgan fingerprint density at radius 1 is 0.867 bits per heavy atom. The van der Waals surface area contributed by atoms with Crippen molar-refractivity contribution >= 4 is 50.5 Å². The number of aliphatic hydroxyl groups is 1. The summed E-state index contributed by atoms with van der Waals surface area (Å²) in [5.41, 5.74) is -3.63. The highest BCUT2D eigenvalue weighted by molar-refractivity contribution is 7.21. The van der Waals surface area contributed by atoms with E-state index in [1.807, 2.05) is 0 Å². The Labute approximate surface area is 253 Å². The first kappa shape index (κ1) is 33.2. The van der Waals surface area contributed by atoms with E-state index in [4.69, 9.17) is 9.84 Å². The molecule has 238 valence electrons. The van der Waals surface area contributed by atoms with Crippen LogP contribution < -0.4 is 20.7 Å². The molecular formula is C29H22F7N3O5S. The first-order valence-electron chi connectivity index (χ1n) is 12.8. The van der Waals surface area contributed by atoms with E-state index in [9.17, 15) is 45.1 Å². The second kappa shape index (κ2) is 13.1. The molecule has 0 spiro atoms. The van der Waals surface area contributed by atoms with E-state index in [0.29, 0.717) is 23.5 Å². The van der Waals surface area contributed by atoms with E-state index in [-0.39, 0.29) is 57.1 Å². The van der Waals surface area contributed by atoms with Gasteiger partial charge in [0, 0.05) is 34.5 Å². The quantitative estimate of drug-likeness (QED) is 0.118. The van der Waals surface area contributed by atoms with Gasteiger partial charge in [-0.3, -0.25) is 14.4 Å². The second-order valence-electron chi connectivity index (χ2n) is 9.36. The molecule has 0 saturated heterocycles. The molecule has 0 saturated carbocycles. The van der Waals surface area contributed by atoms with Gasteiger partial charge in [-0.1, -0.05) is 6.07 Å². The lowest BCUT2D eigenvalue weighted by molar-refractivity contribution is -0.140. The summed E-state index contributed by atoms with van der Waals surface area (Å²) >= 11 is 0.522. The van der Waals surface area contributed by atoms with Gasteiger partial charge in [-0.2, -0.15) is 26.3 Å². The first-order chi connectivity index (χ1) is 21.1. The van der Waals surface area contributed by atoms with Crippen LogP contribution in [0.15, 0.2) is 54.6 Å². The highest BCUT2D eigenvalue weighted by Gasteiger charge is 2.35. The van der Waals surface area contributed by atoms with Gasteiger partial charge >= 0.3 is 12.4 Å². The number of carbonyl (C=O) groups excluding carboxylic acids is 3. The molecule has 0 bridgehead atoms. The van der Waals surface area contributed by atoms with Crippen LogP contribution in [0.2, 0.25) is 0 Å². The van der Waals surface area contributed by atoms with Crippen LogP contribution in [0.4, 0.5) is 42.1 Å². The van der Waals surface area contributed by atoms with Crippen LogP contribution in [0, 0.1) is 5.82 Å². The van der Waals surface area contributed by atoms with Crippen molar-refractivity contribution in [3.63, 3.8) is 0 Å². The molecule has 0 atom stereocenters. The van der Waals surface area contributed by atoms with Gasteiger partial charge in [0.1, 0.15) is 16.4 Å². The Morgan fingerprint density at radius 2 is 1.60 bits per heavy atom. The SMILES string of the molecule is COc1ccc(C(=O)NCCCO)cc1C(=O)Nc1c(C(=O)Nc2ccc(F)c(C(F)(F)F)c2)sc2cc(C(F)(F)F)ccc12. The van der Waals surface area contributed by atoms with Crippen LogP contribution in [0.5, 0.6) is 5.75 Å². The van der Waals surface area contributed by atoms with Gasteiger partial charge in [0.25, 0.3) is 17.7 Å². The molecule has 45 heavy (non-hydrogen) atoms. The van der Waals surface area contributed by atoms with Crippen LogP contribution >= 0.6 is 11.3 Å². The van der Waals surface area contributed by atoms with Crippen molar-refractivity contribution in [2.45, 2.75) is 18.8 Å². The number of halogens is 7. The largest absolute Gasteiger partial charge is 0.496 e. The van der Waals surface area contributed by atoms with E-state index in [1.165, 1.54) is 25.3 Å². The number of aliphatic hydroxyl groups excluding tert-OH is 1. The zero-order chi connectivity index (χ0) is 33.1. The highest BCUT2D eigenvalue weighted by Crippen LogP contribution is 2.41. The maximum Gasteiger partial charge on any atom is 0.419 e. The van der Waals surface area contributed by atoms with Crippen molar-refractivity contribution in [2.24, 2.45) is 0 Å². The molecule has 4 aromatic rings. The van der Waals surface area contributed by atoms with Gasteiger partial charge in [0.15, 0.2) is 0 Å². The third-order valence-electron chi connectivity index (χ3n) is 6.32. The number of hydrogen-bond donors (Lipinski definition) is 4. The second-order valence-corrected chi connectivity index (χ2v) is 10.4. The molecule has 0 aliphatic rings. The van der Waals surface area contributed by atoms with Crippen LogP contribution in [-0.2, 0) is 12.4 Å². The molecule has 0 unspecified atom stereocenters. The standard InChI is InChI=1S/C29H22F7N3O5S/c1-44-21-8-3-14(25(41)37-9-2-10-40)11-18(21)26(42)39-23-17-6-4-15(28(31,32)33)12-22(17)45-24(23)27(43)38-16-5-7-20(30)19(13-16)29(34,35)36/h3-8,11-13,40H,2,9-10H2,1H3,(H,37,41)(H,38,43)(H,39,42). The zero-order valence-electron chi connectivity index (χ0n) is 23.0. The van der Waals surface area contributed by atoms with E-state index in [0.717, 1.165) is 24.3 Å². The summed E-state index contributed by atoms with van der Waals surface area (Å²) in [6.45, 7) is -0.0309. The third-order valence-corrected chi connectivity index (χ3v) is 7.47. The molecule has 1 heterocycles.